The molecule has 0 spiro atoms. The molecule has 0 saturated carbocycles. The molecule has 1 aliphatic heterocycles. The van der Waals surface area contributed by atoms with Crippen molar-refractivity contribution in [1.82, 2.24) is 19.6 Å². The first-order valence-electron chi connectivity index (χ1n) is 16.1. The van der Waals surface area contributed by atoms with Gasteiger partial charge in [-0.1, -0.05) is 57.4 Å². The zero-order valence-corrected chi connectivity index (χ0v) is 27.4. The minimum absolute atomic E-state index is 0.287. The van der Waals surface area contributed by atoms with E-state index in [0.717, 1.165) is 78.1 Å². The number of aromatic nitrogens is 4. The van der Waals surface area contributed by atoms with Gasteiger partial charge in [-0.05, 0) is 74.6 Å². The molecule has 1 aromatic carbocycles. The molecule has 0 bridgehead atoms. The molecule has 1 aliphatic rings. The Morgan fingerprint density at radius 3 is 2.64 bits per heavy atom. The number of fused-ring (bicyclic) bond motifs is 2. The maximum absolute atomic E-state index is 13.7. The fourth-order valence-corrected chi connectivity index (χ4v) is 5.68. The van der Waals surface area contributed by atoms with Gasteiger partial charge in [0.1, 0.15) is 0 Å². The van der Waals surface area contributed by atoms with Gasteiger partial charge in [0.05, 0.1) is 34.9 Å². The number of benzene rings is 1. The predicted molar refractivity (Wildman–Crippen MR) is 182 cm³/mol. The molecule has 5 rings (SSSR count). The Balaban J connectivity index is 1.64. The number of unbranched alkanes of at least 4 members (excludes halogenated alkanes) is 2. The van der Waals surface area contributed by atoms with Gasteiger partial charge in [-0.2, -0.15) is 10.1 Å². The summed E-state index contributed by atoms with van der Waals surface area (Å²) >= 11 is 6.27. The lowest BCUT2D eigenvalue weighted by Gasteiger charge is -2.17. The van der Waals surface area contributed by atoms with E-state index in [0.29, 0.717) is 48.0 Å². The summed E-state index contributed by atoms with van der Waals surface area (Å²) in [6, 6.07) is 11.4. The van der Waals surface area contributed by atoms with Crippen LogP contribution in [0.4, 0.5) is 5.69 Å². The van der Waals surface area contributed by atoms with Crippen LogP contribution >= 0.6 is 11.6 Å². The van der Waals surface area contributed by atoms with Crippen molar-refractivity contribution in [1.29, 1.82) is 0 Å². The van der Waals surface area contributed by atoms with Crippen LogP contribution in [0.15, 0.2) is 71.0 Å². The fraction of sp³-hybridized carbons (Fsp3) is 0.389. The van der Waals surface area contributed by atoms with Crippen LogP contribution in [0.5, 0.6) is 5.75 Å². The molecule has 4 heterocycles. The predicted octanol–water partition coefficient (Wildman–Crippen LogP) is 7.10. The summed E-state index contributed by atoms with van der Waals surface area (Å²) in [5, 5.41) is 6.54. The van der Waals surface area contributed by atoms with Crippen molar-refractivity contribution >= 4 is 29.0 Å². The quantitative estimate of drug-likeness (QED) is 0.138. The zero-order valence-electron chi connectivity index (χ0n) is 26.7. The maximum Gasteiger partial charge on any atom is 0.283 e. The van der Waals surface area contributed by atoms with Crippen LogP contribution in [0.1, 0.15) is 71.2 Å². The SMILES string of the molecule is CCCCc1c(-c2ccccn2)c(=O)nc2c(=CC(=CC=C3Oc4cc(Cl)ccc4N3CCCC)CC)c(CCOCC)nn12. The van der Waals surface area contributed by atoms with Gasteiger partial charge in [-0.25, -0.2) is 4.52 Å². The molecule has 8 nitrogen and oxygen atoms in total. The highest BCUT2D eigenvalue weighted by molar-refractivity contribution is 6.30. The van der Waals surface area contributed by atoms with Gasteiger partial charge in [-0.15, -0.1) is 0 Å². The van der Waals surface area contributed by atoms with Gasteiger partial charge in [0, 0.05) is 42.1 Å². The molecule has 4 aromatic rings. The van der Waals surface area contributed by atoms with Crippen LogP contribution in [0.2, 0.25) is 5.02 Å². The third-order valence-corrected chi connectivity index (χ3v) is 8.16. The Bertz CT molecular complexity index is 1800. The topological polar surface area (TPSA) is 81.8 Å². The summed E-state index contributed by atoms with van der Waals surface area (Å²) in [7, 11) is 0. The van der Waals surface area contributed by atoms with E-state index >= 15 is 0 Å². The van der Waals surface area contributed by atoms with E-state index in [2.05, 4.69) is 47.8 Å². The summed E-state index contributed by atoms with van der Waals surface area (Å²) in [6.07, 6.45) is 14.0. The van der Waals surface area contributed by atoms with Crippen LogP contribution in [-0.4, -0.2) is 39.3 Å². The molecule has 0 N–H and O–H groups in total. The molecule has 0 atom stereocenters. The molecule has 3 aromatic heterocycles. The molecular weight excluding hydrogens is 586 g/mol. The zero-order chi connectivity index (χ0) is 31.8. The number of hydrogen-bond donors (Lipinski definition) is 0. The van der Waals surface area contributed by atoms with E-state index in [9.17, 15) is 4.79 Å². The van der Waals surface area contributed by atoms with Crippen LogP contribution in [-0.2, 0) is 17.6 Å². The summed E-state index contributed by atoms with van der Waals surface area (Å²) in [6.45, 7) is 10.4. The molecule has 0 aliphatic carbocycles. The van der Waals surface area contributed by atoms with Crippen molar-refractivity contribution in [2.24, 2.45) is 0 Å². The van der Waals surface area contributed by atoms with E-state index in [4.69, 9.17) is 26.2 Å². The highest BCUT2D eigenvalue weighted by Crippen LogP contribution is 2.40. The van der Waals surface area contributed by atoms with Gasteiger partial charge < -0.3 is 14.4 Å². The van der Waals surface area contributed by atoms with Crippen molar-refractivity contribution < 1.29 is 9.47 Å². The number of halogens is 1. The van der Waals surface area contributed by atoms with Gasteiger partial charge in [0.2, 0.25) is 5.88 Å². The monoisotopic (exact) mass is 627 g/mol. The summed E-state index contributed by atoms with van der Waals surface area (Å²) < 4.78 is 13.8. The average molecular weight is 628 g/mol. The minimum Gasteiger partial charge on any atom is -0.439 e. The Labute approximate surface area is 270 Å². The second kappa shape index (κ2) is 15.3. The molecule has 0 amide bonds. The molecule has 236 valence electrons. The first kappa shape index (κ1) is 32.4. The van der Waals surface area contributed by atoms with Gasteiger partial charge in [-0.3, -0.25) is 9.78 Å². The van der Waals surface area contributed by atoms with Crippen molar-refractivity contribution in [3.8, 4) is 17.0 Å². The van der Waals surface area contributed by atoms with Gasteiger partial charge in [0.25, 0.3) is 5.56 Å². The van der Waals surface area contributed by atoms with E-state index in [1.807, 2.05) is 53.9 Å². The second-order valence-electron chi connectivity index (χ2n) is 11.1. The standard InChI is InChI=1S/C36H42ClN5O3/c1-5-9-14-31-34(29-13-11-12-20-38-29)36(43)39-35-27(28(40-42(31)35)19-22-44-8-4)23-25(7-3)15-18-33-41(21-10-6-2)30-17-16-26(37)24-32(30)45-33/h11-13,15-18,20,23-24H,5-10,14,19,21-22H2,1-4H3. The minimum atomic E-state index is -0.287. The summed E-state index contributed by atoms with van der Waals surface area (Å²) in [4.78, 5) is 25.0. The van der Waals surface area contributed by atoms with Gasteiger partial charge in [0.15, 0.2) is 11.4 Å². The highest BCUT2D eigenvalue weighted by atomic mass is 35.5. The van der Waals surface area contributed by atoms with Crippen molar-refractivity contribution in [2.45, 2.75) is 72.6 Å². The van der Waals surface area contributed by atoms with Crippen molar-refractivity contribution in [3.63, 3.8) is 0 Å². The summed E-state index contributed by atoms with van der Waals surface area (Å²) in [5.41, 5.74) is 5.18. The first-order chi connectivity index (χ1) is 22.0. The Hall–Kier alpha value is -4.01. The lowest BCUT2D eigenvalue weighted by Crippen LogP contribution is -2.21. The number of rotatable bonds is 14. The normalized spacial score (nSPS) is 14.5. The van der Waals surface area contributed by atoms with Crippen LogP contribution in [0, 0.1) is 0 Å². The molecule has 0 saturated heterocycles. The van der Waals surface area contributed by atoms with Crippen LogP contribution in [0.25, 0.3) is 23.0 Å². The fourth-order valence-electron chi connectivity index (χ4n) is 5.51. The molecule has 0 radical (unpaired) electrons. The molecular formula is C36H42ClN5O3. The second-order valence-corrected chi connectivity index (χ2v) is 11.5. The molecule has 0 fully saturated rings. The third-order valence-electron chi connectivity index (χ3n) is 7.92. The lowest BCUT2D eigenvalue weighted by molar-refractivity contribution is 0.150. The van der Waals surface area contributed by atoms with Crippen molar-refractivity contribution in [3.05, 3.63) is 98.2 Å². The number of aryl methyl sites for hydroxylation is 1. The number of ether oxygens (including phenoxy) is 2. The maximum atomic E-state index is 13.7. The van der Waals surface area contributed by atoms with E-state index in [1.54, 1.807) is 6.20 Å². The first-order valence-corrected chi connectivity index (χ1v) is 16.5. The van der Waals surface area contributed by atoms with E-state index in [1.165, 1.54) is 0 Å². The average Bonchev–Trinajstić information content (AvgIpc) is 3.57. The van der Waals surface area contributed by atoms with E-state index < -0.39 is 0 Å². The summed E-state index contributed by atoms with van der Waals surface area (Å²) in [5.74, 6) is 1.52. The smallest absolute Gasteiger partial charge is 0.283 e. The molecule has 9 heteroatoms. The van der Waals surface area contributed by atoms with Crippen molar-refractivity contribution in [2.75, 3.05) is 24.7 Å². The number of nitrogens with zero attached hydrogens (tertiary/aromatic N) is 5. The number of anilines is 1. The number of hydrogen-bond acceptors (Lipinski definition) is 7. The third kappa shape index (κ3) is 7.29. The largest absolute Gasteiger partial charge is 0.439 e. The lowest BCUT2D eigenvalue weighted by atomic mass is 10.1. The number of pyridine rings is 1. The van der Waals surface area contributed by atoms with E-state index in [-0.39, 0.29) is 5.56 Å². The highest BCUT2D eigenvalue weighted by Gasteiger charge is 2.26. The Kier molecular flexibility index (Phi) is 11.0. The van der Waals surface area contributed by atoms with Crippen LogP contribution in [0.3, 0.4) is 0 Å². The Morgan fingerprint density at radius 2 is 1.91 bits per heavy atom. The number of allylic oxidation sites excluding steroid dienone is 3. The Morgan fingerprint density at radius 1 is 1.07 bits per heavy atom. The molecule has 0 unspecified atom stereocenters. The molecule has 45 heavy (non-hydrogen) atoms. The van der Waals surface area contributed by atoms with Gasteiger partial charge >= 0.3 is 0 Å². The van der Waals surface area contributed by atoms with Crippen LogP contribution < -0.4 is 20.4 Å².